The van der Waals surface area contributed by atoms with Crippen LogP contribution in [-0.2, 0) is 21.5 Å². The zero-order valence-electron chi connectivity index (χ0n) is 20.8. The first-order valence-corrected chi connectivity index (χ1v) is 12.9. The van der Waals surface area contributed by atoms with Crippen LogP contribution in [0.1, 0.15) is 58.2 Å². The van der Waals surface area contributed by atoms with E-state index in [2.05, 4.69) is 39.0 Å². The molecule has 0 bridgehead atoms. The number of nitrogens with zero attached hydrogens (tertiary/aromatic N) is 4. The molecular weight excluding hydrogens is 495 g/mol. The highest BCUT2D eigenvalue weighted by molar-refractivity contribution is 6.33. The summed E-state index contributed by atoms with van der Waals surface area (Å²) in [6.07, 6.45) is 5.74. The Bertz CT molecular complexity index is 1440. The number of carbonyl (C=O) groups is 2. The van der Waals surface area contributed by atoms with Crippen molar-refractivity contribution in [2.24, 2.45) is 5.92 Å². The lowest BCUT2D eigenvalue weighted by molar-refractivity contribution is -0.124. The summed E-state index contributed by atoms with van der Waals surface area (Å²) >= 11 is 6.48. The van der Waals surface area contributed by atoms with Crippen LogP contribution in [0.25, 0.3) is 22.2 Å². The van der Waals surface area contributed by atoms with Crippen molar-refractivity contribution in [1.82, 2.24) is 19.9 Å². The molecule has 1 saturated carbocycles. The third kappa shape index (κ3) is 4.90. The number of fused-ring (bicyclic) bond motifs is 3. The van der Waals surface area contributed by atoms with Crippen LogP contribution < -0.4 is 10.6 Å². The molecule has 0 spiro atoms. The molecule has 1 aliphatic heterocycles. The molecule has 2 N–H and O–H groups in total. The molecule has 2 aromatic heterocycles. The Kier molecular flexibility index (Phi) is 6.63. The standard InChI is InChI=1S/C27H28ClFN6O2/c1-27(2)8-6-23-34-25-20(29)11-16(12-21(25)35(23)27)18-13-22(31-14-19(18)28)33-26(37)15-4-3-5-17(10-15)32-24(36)7-9-30/h11-15,17H,3-8,10H2,1-2H3,(H,32,36)(H,31,33,37)/t15?,17-/m1/s1. The Labute approximate surface area is 219 Å². The van der Waals surface area contributed by atoms with E-state index in [1.807, 2.05) is 12.1 Å². The number of benzene rings is 1. The first-order chi connectivity index (χ1) is 17.7. The van der Waals surface area contributed by atoms with Crippen molar-refractivity contribution in [2.45, 2.75) is 70.4 Å². The van der Waals surface area contributed by atoms with Crippen molar-refractivity contribution in [3.05, 3.63) is 41.1 Å². The van der Waals surface area contributed by atoms with Crippen molar-refractivity contribution in [2.75, 3.05) is 5.32 Å². The van der Waals surface area contributed by atoms with Gasteiger partial charge in [-0.1, -0.05) is 18.0 Å². The maximum Gasteiger partial charge on any atom is 0.234 e. The van der Waals surface area contributed by atoms with E-state index in [4.69, 9.17) is 16.9 Å². The molecule has 3 aromatic rings. The molecular formula is C27H28ClFN6O2. The Balaban J connectivity index is 1.38. The van der Waals surface area contributed by atoms with E-state index in [0.717, 1.165) is 37.0 Å². The highest BCUT2D eigenvalue weighted by Crippen LogP contribution is 2.39. The number of nitrogens with one attached hydrogen (secondary N) is 2. The zero-order valence-corrected chi connectivity index (χ0v) is 21.5. The molecule has 3 heterocycles. The number of nitriles is 1. The van der Waals surface area contributed by atoms with Crippen LogP contribution >= 0.6 is 11.6 Å². The van der Waals surface area contributed by atoms with Crippen LogP contribution in [0.2, 0.25) is 5.02 Å². The molecule has 0 radical (unpaired) electrons. The number of carbonyl (C=O) groups excluding carboxylic acids is 2. The number of halogens is 2. The van der Waals surface area contributed by atoms with Gasteiger partial charge in [-0.05, 0) is 63.3 Å². The smallest absolute Gasteiger partial charge is 0.234 e. The van der Waals surface area contributed by atoms with Crippen LogP contribution in [0.15, 0.2) is 24.4 Å². The highest BCUT2D eigenvalue weighted by Gasteiger charge is 2.33. The molecule has 192 valence electrons. The minimum atomic E-state index is -0.421. The van der Waals surface area contributed by atoms with Gasteiger partial charge >= 0.3 is 0 Å². The molecule has 8 nitrogen and oxygen atoms in total. The number of pyridine rings is 1. The maximum atomic E-state index is 15.1. The van der Waals surface area contributed by atoms with Crippen LogP contribution in [0, 0.1) is 23.1 Å². The molecule has 10 heteroatoms. The number of imidazole rings is 1. The average Bonchev–Trinajstić information content (AvgIpc) is 3.38. The van der Waals surface area contributed by atoms with Gasteiger partial charge in [0.25, 0.3) is 0 Å². The Morgan fingerprint density at radius 3 is 2.89 bits per heavy atom. The van der Waals surface area contributed by atoms with Gasteiger partial charge in [-0.25, -0.2) is 14.4 Å². The van der Waals surface area contributed by atoms with Gasteiger partial charge in [0.05, 0.1) is 16.6 Å². The van der Waals surface area contributed by atoms with E-state index in [9.17, 15) is 9.59 Å². The number of amides is 2. The van der Waals surface area contributed by atoms with Crippen LogP contribution in [0.3, 0.4) is 0 Å². The molecule has 2 atom stereocenters. The van der Waals surface area contributed by atoms with Gasteiger partial charge in [0.15, 0.2) is 5.82 Å². The predicted molar refractivity (Wildman–Crippen MR) is 138 cm³/mol. The first-order valence-electron chi connectivity index (χ1n) is 12.5. The molecule has 1 unspecified atom stereocenters. The van der Waals surface area contributed by atoms with Crippen LogP contribution in [0.5, 0.6) is 0 Å². The molecule has 2 aliphatic rings. The summed E-state index contributed by atoms with van der Waals surface area (Å²) in [5.41, 5.74) is 2.04. The lowest BCUT2D eigenvalue weighted by Crippen LogP contribution is -2.40. The molecule has 1 fully saturated rings. The van der Waals surface area contributed by atoms with Gasteiger partial charge in [0, 0.05) is 35.7 Å². The summed E-state index contributed by atoms with van der Waals surface area (Å²) in [5, 5.41) is 14.7. The van der Waals surface area contributed by atoms with Crippen molar-refractivity contribution in [1.29, 1.82) is 5.26 Å². The van der Waals surface area contributed by atoms with Gasteiger partial charge in [0.2, 0.25) is 11.8 Å². The zero-order chi connectivity index (χ0) is 26.3. The minimum Gasteiger partial charge on any atom is -0.352 e. The monoisotopic (exact) mass is 522 g/mol. The first kappa shape index (κ1) is 25.2. The lowest BCUT2D eigenvalue weighted by atomic mass is 9.85. The Hall–Kier alpha value is -3.51. The van der Waals surface area contributed by atoms with Crippen LogP contribution in [0.4, 0.5) is 10.2 Å². The summed E-state index contributed by atoms with van der Waals surface area (Å²) in [7, 11) is 0. The lowest BCUT2D eigenvalue weighted by Gasteiger charge is -2.28. The fourth-order valence-electron chi connectivity index (χ4n) is 5.58. The molecule has 0 saturated heterocycles. The van der Waals surface area contributed by atoms with E-state index in [-0.39, 0.29) is 35.7 Å². The average molecular weight is 523 g/mol. The second kappa shape index (κ2) is 9.75. The number of aryl methyl sites for hydroxylation is 1. The van der Waals surface area contributed by atoms with Crippen molar-refractivity contribution in [3.8, 4) is 17.2 Å². The van der Waals surface area contributed by atoms with E-state index in [0.29, 0.717) is 40.3 Å². The van der Waals surface area contributed by atoms with Crippen LogP contribution in [-0.4, -0.2) is 32.4 Å². The van der Waals surface area contributed by atoms with Gasteiger partial charge in [-0.3, -0.25) is 9.59 Å². The predicted octanol–water partition coefficient (Wildman–Crippen LogP) is 5.10. The molecule has 1 aliphatic carbocycles. The normalized spacial score (nSPS) is 20.3. The topological polar surface area (TPSA) is 113 Å². The Morgan fingerprint density at radius 2 is 2.11 bits per heavy atom. The van der Waals surface area contributed by atoms with Crippen molar-refractivity contribution < 1.29 is 14.0 Å². The van der Waals surface area contributed by atoms with E-state index in [1.54, 1.807) is 6.07 Å². The number of anilines is 1. The third-order valence-corrected chi connectivity index (χ3v) is 7.72. The van der Waals surface area contributed by atoms with Gasteiger partial charge in [-0.15, -0.1) is 0 Å². The van der Waals surface area contributed by atoms with E-state index >= 15 is 4.39 Å². The van der Waals surface area contributed by atoms with E-state index in [1.165, 1.54) is 12.3 Å². The molecule has 2 amide bonds. The van der Waals surface area contributed by atoms with E-state index < -0.39 is 5.82 Å². The minimum absolute atomic E-state index is 0.143. The quantitative estimate of drug-likeness (QED) is 0.484. The van der Waals surface area contributed by atoms with Crippen molar-refractivity contribution >= 4 is 40.3 Å². The van der Waals surface area contributed by atoms with Gasteiger partial charge in [0.1, 0.15) is 23.6 Å². The number of hydrogen-bond donors (Lipinski definition) is 2. The summed E-state index contributed by atoms with van der Waals surface area (Å²) in [6, 6.07) is 6.66. The summed E-state index contributed by atoms with van der Waals surface area (Å²) in [4.78, 5) is 33.6. The summed E-state index contributed by atoms with van der Waals surface area (Å²) in [6.45, 7) is 4.24. The summed E-state index contributed by atoms with van der Waals surface area (Å²) in [5.74, 6) is -0.0485. The number of aromatic nitrogens is 3. The molecule has 1 aromatic carbocycles. The Morgan fingerprint density at radius 1 is 1.30 bits per heavy atom. The largest absolute Gasteiger partial charge is 0.352 e. The summed E-state index contributed by atoms with van der Waals surface area (Å²) < 4.78 is 17.2. The fraction of sp³-hybridized carbons (Fsp3) is 0.444. The highest BCUT2D eigenvalue weighted by atomic mass is 35.5. The SMILES string of the molecule is CC1(C)CCc2nc3c(F)cc(-c4cc(NC(=O)C5CCC[C@@H](NC(=O)CC#N)C5)ncc4Cl)cc3n21. The number of rotatable bonds is 5. The van der Waals surface area contributed by atoms with Gasteiger partial charge in [-0.2, -0.15) is 5.26 Å². The van der Waals surface area contributed by atoms with Crippen molar-refractivity contribution in [3.63, 3.8) is 0 Å². The molecule has 5 rings (SSSR count). The fourth-order valence-corrected chi connectivity index (χ4v) is 5.79. The van der Waals surface area contributed by atoms with Gasteiger partial charge < -0.3 is 15.2 Å². The third-order valence-electron chi connectivity index (χ3n) is 7.42. The second-order valence-corrected chi connectivity index (χ2v) is 10.9. The maximum absolute atomic E-state index is 15.1. The second-order valence-electron chi connectivity index (χ2n) is 10.5. The molecule has 37 heavy (non-hydrogen) atoms. The number of hydrogen-bond acceptors (Lipinski definition) is 5.